The predicted octanol–water partition coefficient (Wildman–Crippen LogP) is 0.910. The first-order valence-corrected chi connectivity index (χ1v) is 7.80. The molecule has 0 aromatic heterocycles. The molecular formula is C16H22N4O4. The summed E-state index contributed by atoms with van der Waals surface area (Å²) in [5.74, 6) is -0.689. The Balaban J connectivity index is 2.00. The number of nitro groups is 1. The number of carbonyl (C=O) groups is 2. The van der Waals surface area contributed by atoms with Gasteiger partial charge in [0.15, 0.2) is 0 Å². The molecule has 0 saturated carbocycles. The maximum Gasteiger partial charge on any atom is 0.270 e. The molecule has 0 bridgehead atoms. The van der Waals surface area contributed by atoms with Gasteiger partial charge in [-0.3, -0.25) is 19.7 Å². The van der Waals surface area contributed by atoms with Gasteiger partial charge in [0.05, 0.1) is 4.92 Å². The van der Waals surface area contributed by atoms with Gasteiger partial charge >= 0.3 is 0 Å². The van der Waals surface area contributed by atoms with Crippen molar-refractivity contribution in [3.63, 3.8) is 0 Å². The summed E-state index contributed by atoms with van der Waals surface area (Å²) in [4.78, 5) is 36.6. The third-order valence-corrected chi connectivity index (χ3v) is 4.40. The molecule has 0 radical (unpaired) electrons. The fourth-order valence-electron chi connectivity index (χ4n) is 2.75. The number of non-ortho nitro benzene ring substituents is 1. The Hall–Kier alpha value is -2.48. The van der Waals surface area contributed by atoms with Crippen molar-refractivity contribution in [3.8, 4) is 0 Å². The van der Waals surface area contributed by atoms with Gasteiger partial charge in [-0.2, -0.15) is 0 Å². The summed E-state index contributed by atoms with van der Waals surface area (Å²) in [6, 6.07) is 4.70. The first-order chi connectivity index (χ1) is 11.3. The first kappa shape index (κ1) is 17.9. The van der Waals surface area contributed by atoms with E-state index in [1.54, 1.807) is 11.8 Å². The van der Waals surface area contributed by atoms with Crippen molar-refractivity contribution in [1.29, 1.82) is 0 Å². The van der Waals surface area contributed by atoms with Crippen LogP contribution >= 0.6 is 0 Å². The highest BCUT2D eigenvalue weighted by Gasteiger charge is 2.36. The zero-order valence-electron chi connectivity index (χ0n) is 13.8. The van der Waals surface area contributed by atoms with Crippen LogP contribution in [0.1, 0.15) is 30.6 Å². The minimum absolute atomic E-state index is 0.0839. The van der Waals surface area contributed by atoms with E-state index in [9.17, 15) is 19.7 Å². The monoisotopic (exact) mass is 334 g/mol. The highest BCUT2D eigenvalue weighted by Crippen LogP contribution is 2.28. The van der Waals surface area contributed by atoms with Crippen molar-refractivity contribution in [2.75, 3.05) is 19.6 Å². The van der Waals surface area contributed by atoms with E-state index in [1.165, 1.54) is 24.3 Å². The van der Waals surface area contributed by atoms with Gasteiger partial charge < -0.3 is 16.0 Å². The summed E-state index contributed by atoms with van der Waals surface area (Å²) >= 11 is 0. The SMILES string of the molecule is CC(NC(=O)c1cccc([N+](=O)[O-])c1)C(=O)N1CCC(C)(CN)C1. The van der Waals surface area contributed by atoms with Crippen molar-refractivity contribution in [2.45, 2.75) is 26.3 Å². The topological polar surface area (TPSA) is 119 Å². The summed E-state index contributed by atoms with van der Waals surface area (Å²) in [7, 11) is 0. The number of carbonyl (C=O) groups excluding carboxylic acids is 2. The smallest absolute Gasteiger partial charge is 0.270 e. The van der Waals surface area contributed by atoms with Gasteiger partial charge in [0.25, 0.3) is 11.6 Å². The molecule has 1 saturated heterocycles. The van der Waals surface area contributed by atoms with E-state index in [-0.39, 0.29) is 22.6 Å². The molecule has 2 amide bonds. The van der Waals surface area contributed by atoms with Crippen molar-refractivity contribution in [1.82, 2.24) is 10.2 Å². The standard InChI is InChI=1S/C16H22N4O4/c1-11(15(22)19-7-6-16(2,9-17)10-19)18-14(21)12-4-3-5-13(8-12)20(23)24/h3-5,8,11H,6-7,9-10,17H2,1-2H3,(H,18,21). The second-order valence-corrected chi connectivity index (χ2v) is 6.53. The van der Waals surface area contributed by atoms with Crippen molar-refractivity contribution in [3.05, 3.63) is 39.9 Å². The van der Waals surface area contributed by atoms with Crippen LogP contribution in [0.5, 0.6) is 0 Å². The zero-order valence-corrected chi connectivity index (χ0v) is 13.8. The Morgan fingerprint density at radius 2 is 2.21 bits per heavy atom. The largest absolute Gasteiger partial charge is 0.341 e. The Bertz CT molecular complexity index is 663. The Morgan fingerprint density at radius 1 is 1.50 bits per heavy atom. The van der Waals surface area contributed by atoms with Gasteiger partial charge in [0.1, 0.15) is 6.04 Å². The molecule has 24 heavy (non-hydrogen) atoms. The van der Waals surface area contributed by atoms with Crippen LogP contribution in [0.3, 0.4) is 0 Å². The molecule has 1 aliphatic rings. The molecule has 8 nitrogen and oxygen atoms in total. The van der Waals surface area contributed by atoms with E-state index in [0.717, 1.165) is 6.42 Å². The molecule has 130 valence electrons. The van der Waals surface area contributed by atoms with Crippen LogP contribution in [0.2, 0.25) is 0 Å². The summed E-state index contributed by atoms with van der Waals surface area (Å²) in [6.07, 6.45) is 0.834. The van der Waals surface area contributed by atoms with E-state index in [2.05, 4.69) is 5.32 Å². The van der Waals surface area contributed by atoms with Crippen LogP contribution < -0.4 is 11.1 Å². The Kier molecular flexibility index (Phi) is 5.18. The van der Waals surface area contributed by atoms with Crippen molar-refractivity contribution in [2.24, 2.45) is 11.1 Å². The molecule has 2 unspecified atom stereocenters. The van der Waals surface area contributed by atoms with Gasteiger partial charge in [-0.15, -0.1) is 0 Å². The highest BCUT2D eigenvalue weighted by atomic mass is 16.6. The van der Waals surface area contributed by atoms with Crippen LogP contribution in [-0.2, 0) is 4.79 Å². The maximum atomic E-state index is 12.5. The van der Waals surface area contributed by atoms with Gasteiger partial charge in [-0.05, 0) is 31.4 Å². The molecule has 0 spiro atoms. The van der Waals surface area contributed by atoms with E-state index >= 15 is 0 Å². The third-order valence-electron chi connectivity index (χ3n) is 4.40. The number of nitrogens with zero attached hydrogens (tertiary/aromatic N) is 2. The summed E-state index contributed by atoms with van der Waals surface area (Å²) in [6.45, 7) is 5.33. The van der Waals surface area contributed by atoms with Crippen LogP contribution in [0.4, 0.5) is 5.69 Å². The minimum atomic E-state index is -0.711. The van der Waals surface area contributed by atoms with Crippen LogP contribution in [0, 0.1) is 15.5 Å². The fraction of sp³-hybridized carbons (Fsp3) is 0.500. The van der Waals surface area contributed by atoms with Gasteiger partial charge in [-0.1, -0.05) is 13.0 Å². The first-order valence-electron chi connectivity index (χ1n) is 7.80. The maximum absolute atomic E-state index is 12.5. The Labute approximate surface area is 140 Å². The molecule has 1 aromatic carbocycles. The second kappa shape index (κ2) is 6.96. The molecule has 1 fully saturated rings. The molecule has 3 N–H and O–H groups in total. The number of hydrogen-bond acceptors (Lipinski definition) is 5. The number of nitrogens with one attached hydrogen (secondary N) is 1. The lowest BCUT2D eigenvalue weighted by atomic mass is 9.90. The quantitative estimate of drug-likeness (QED) is 0.613. The van der Waals surface area contributed by atoms with Gasteiger partial charge in [0.2, 0.25) is 5.91 Å². The fourth-order valence-corrected chi connectivity index (χ4v) is 2.75. The van der Waals surface area contributed by atoms with E-state index < -0.39 is 16.9 Å². The normalized spacial score (nSPS) is 21.4. The average molecular weight is 334 g/mol. The number of nitro benzene ring substituents is 1. The van der Waals surface area contributed by atoms with Crippen LogP contribution in [0.25, 0.3) is 0 Å². The number of benzene rings is 1. The predicted molar refractivity (Wildman–Crippen MR) is 88.4 cm³/mol. The van der Waals surface area contributed by atoms with Crippen LogP contribution in [-0.4, -0.2) is 47.3 Å². The van der Waals surface area contributed by atoms with Crippen LogP contribution in [0.15, 0.2) is 24.3 Å². The zero-order chi connectivity index (χ0) is 17.9. The number of hydrogen-bond donors (Lipinski definition) is 2. The van der Waals surface area contributed by atoms with E-state index in [0.29, 0.717) is 19.6 Å². The third kappa shape index (κ3) is 3.88. The lowest BCUT2D eigenvalue weighted by Crippen LogP contribution is -2.47. The van der Waals surface area contributed by atoms with E-state index in [4.69, 9.17) is 5.73 Å². The molecule has 2 rings (SSSR count). The lowest BCUT2D eigenvalue weighted by molar-refractivity contribution is -0.384. The molecule has 2 atom stereocenters. The molecule has 1 aromatic rings. The van der Waals surface area contributed by atoms with E-state index in [1.807, 2.05) is 6.92 Å². The van der Waals surface area contributed by atoms with Crippen molar-refractivity contribution < 1.29 is 14.5 Å². The molecule has 1 heterocycles. The summed E-state index contributed by atoms with van der Waals surface area (Å²) in [5, 5.41) is 13.4. The average Bonchev–Trinajstić information content (AvgIpc) is 2.97. The molecule has 0 aliphatic carbocycles. The Morgan fingerprint density at radius 3 is 2.79 bits per heavy atom. The molecular weight excluding hydrogens is 312 g/mol. The number of likely N-dealkylation sites (tertiary alicyclic amines) is 1. The van der Waals surface area contributed by atoms with Gasteiger partial charge in [0, 0.05) is 30.8 Å². The highest BCUT2D eigenvalue weighted by molar-refractivity contribution is 5.97. The number of rotatable bonds is 5. The summed E-state index contributed by atoms with van der Waals surface area (Å²) in [5.41, 5.74) is 5.64. The second-order valence-electron chi connectivity index (χ2n) is 6.53. The minimum Gasteiger partial charge on any atom is -0.341 e. The molecule has 1 aliphatic heterocycles. The summed E-state index contributed by atoms with van der Waals surface area (Å²) < 4.78 is 0. The molecule has 8 heteroatoms. The van der Waals surface area contributed by atoms with Gasteiger partial charge in [-0.25, -0.2) is 0 Å². The number of nitrogens with two attached hydrogens (primary N) is 1. The lowest BCUT2D eigenvalue weighted by Gasteiger charge is -2.25. The number of amides is 2. The van der Waals surface area contributed by atoms with Crippen molar-refractivity contribution >= 4 is 17.5 Å².